The van der Waals surface area contributed by atoms with Gasteiger partial charge in [-0.3, -0.25) is 4.79 Å². The molecule has 1 amide bonds. The molecule has 1 rings (SSSR count). The molecule has 0 bridgehead atoms. The predicted molar refractivity (Wildman–Crippen MR) is 66.1 cm³/mol. The quantitative estimate of drug-likeness (QED) is 0.819. The Bertz CT molecular complexity index is 351. The Balaban J connectivity index is 2.40. The van der Waals surface area contributed by atoms with E-state index in [2.05, 4.69) is 10.3 Å². The highest BCUT2D eigenvalue weighted by molar-refractivity contribution is 7.11. The second-order valence-electron chi connectivity index (χ2n) is 3.99. The molecule has 0 unspecified atom stereocenters. The number of carbonyl (C=O) groups excluding carboxylic acids is 1. The summed E-state index contributed by atoms with van der Waals surface area (Å²) in [5, 5.41) is 3.73. The summed E-state index contributed by atoms with van der Waals surface area (Å²) in [4.78, 5) is 17.0. The summed E-state index contributed by atoms with van der Waals surface area (Å²) in [7, 11) is 0. The number of hydrogen-bond acceptors (Lipinski definition) is 4. The van der Waals surface area contributed by atoms with E-state index in [1.54, 1.807) is 17.5 Å². The molecule has 0 fully saturated rings. The van der Waals surface area contributed by atoms with Crippen molar-refractivity contribution in [3.63, 3.8) is 0 Å². The molecule has 16 heavy (non-hydrogen) atoms. The predicted octanol–water partition coefficient (Wildman–Crippen LogP) is 1.44. The van der Waals surface area contributed by atoms with Crippen molar-refractivity contribution in [2.45, 2.75) is 39.8 Å². The number of nitrogens with one attached hydrogen (secondary N) is 1. The summed E-state index contributed by atoms with van der Waals surface area (Å²) in [5.41, 5.74) is 5.81. The van der Waals surface area contributed by atoms with Gasteiger partial charge in [0.2, 0.25) is 5.91 Å². The SMILES string of the molecule is CC[C@H](C)[C@H](N)C(=O)NCc1ncc(C)s1. The van der Waals surface area contributed by atoms with Crippen LogP contribution in [-0.4, -0.2) is 16.9 Å². The average molecular weight is 241 g/mol. The van der Waals surface area contributed by atoms with E-state index in [9.17, 15) is 4.79 Å². The second-order valence-corrected chi connectivity index (χ2v) is 5.31. The summed E-state index contributed by atoms with van der Waals surface area (Å²) >= 11 is 1.59. The van der Waals surface area contributed by atoms with Gasteiger partial charge in [-0.25, -0.2) is 4.98 Å². The molecule has 4 nitrogen and oxygen atoms in total. The van der Waals surface area contributed by atoms with Gasteiger partial charge >= 0.3 is 0 Å². The highest BCUT2D eigenvalue weighted by atomic mass is 32.1. The summed E-state index contributed by atoms with van der Waals surface area (Å²) in [6.07, 6.45) is 2.71. The maximum atomic E-state index is 11.7. The van der Waals surface area contributed by atoms with Crippen molar-refractivity contribution >= 4 is 17.2 Å². The molecule has 90 valence electrons. The summed E-state index contributed by atoms with van der Waals surface area (Å²) in [6, 6.07) is -0.425. The van der Waals surface area contributed by atoms with Crippen molar-refractivity contribution in [2.24, 2.45) is 11.7 Å². The van der Waals surface area contributed by atoms with E-state index < -0.39 is 6.04 Å². The molecule has 0 saturated carbocycles. The van der Waals surface area contributed by atoms with Gasteiger partial charge in [-0.2, -0.15) is 0 Å². The topological polar surface area (TPSA) is 68.0 Å². The molecule has 0 saturated heterocycles. The Morgan fingerprint density at radius 3 is 2.88 bits per heavy atom. The molecule has 0 aliphatic carbocycles. The average Bonchev–Trinajstić information content (AvgIpc) is 2.69. The molecule has 1 aromatic rings. The number of aryl methyl sites for hydroxylation is 1. The number of rotatable bonds is 5. The Kier molecular flexibility index (Phi) is 4.89. The monoisotopic (exact) mass is 241 g/mol. The lowest BCUT2D eigenvalue weighted by atomic mass is 9.99. The van der Waals surface area contributed by atoms with Crippen LogP contribution in [0.2, 0.25) is 0 Å². The van der Waals surface area contributed by atoms with Gasteiger partial charge in [0.15, 0.2) is 0 Å². The third kappa shape index (κ3) is 3.57. The third-order valence-corrected chi connectivity index (χ3v) is 3.56. The Morgan fingerprint density at radius 2 is 2.38 bits per heavy atom. The van der Waals surface area contributed by atoms with Gasteiger partial charge in [0.25, 0.3) is 0 Å². The first-order valence-corrected chi connectivity index (χ1v) is 6.30. The molecule has 5 heteroatoms. The summed E-state index contributed by atoms with van der Waals surface area (Å²) in [6.45, 7) is 6.48. The number of thiazole rings is 1. The van der Waals surface area contributed by atoms with Gasteiger partial charge in [0.05, 0.1) is 12.6 Å². The number of hydrogen-bond donors (Lipinski definition) is 2. The van der Waals surface area contributed by atoms with E-state index in [1.807, 2.05) is 20.8 Å². The number of amides is 1. The van der Waals surface area contributed by atoms with Gasteiger partial charge in [-0.1, -0.05) is 20.3 Å². The molecule has 0 aliphatic heterocycles. The first-order valence-electron chi connectivity index (χ1n) is 5.49. The molecule has 1 heterocycles. The van der Waals surface area contributed by atoms with Crippen LogP contribution in [0.1, 0.15) is 30.2 Å². The Hall–Kier alpha value is -0.940. The lowest BCUT2D eigenvalue weighted by Gasteiger charge is -2.17. The first-order chi connectivity index (χ1) is 7.54. The molecular formula is C11H19N3OS. The van der Waals surface area contributed by atoms with Crippen molar-refractivity contribution in [1.29, 1.82) is 0 Å². The minimum atomic E-state index is -0.425. The standard InChI is InChI=1S/C11H19N3OS/c1-4-7(2)10(12)11(15)14-6-9-13-5-8(3)16-9/h5,7,10H,4,6,12H2,1-3H3,(H,14,15)/t7-,10-/m0/s1. The van der Waals surface area contributed by atoms with Gasteiger partial charge < -0.3 is 11.1 Å². The Morgan fingerprint density at radius 1 is 1.69 bits per heavy atom. The fourth-order valence-electron chi connectivity index (χ4n) is 1.28. The molecule has 0 aromatic carbocycles. The number of aromatic nitrogens is 1. The van der Waals surface area contributed by atoms with Crippen LogP contribution >= 0.6 is 11.3 Å². The van der Waals surface area contributed by atoms with E-state index in [-0.39, 0.29) is 11.8 Å². The number of nitrogens with zero attached hydrogens (tertiary/aromatic N) is 1. The van der Waals surface area contributed by atoms with Gasteiger partial charge in [-0.15, -0.1) is 11.3 Å². The van der Waals surface area contributed by atoms with Crippen molar-refractivity contribution in [3.8, 4) is 0 Å². The van der Waals surface area contributed by atoms with Crippen molar-refractivity contribution in [3.05, 3.63) is 16.1 Å². The molecule has 1 aromatic heterocycles. The molecule has 3 N–H and O–H groups in total. The first kappa shape index (κ1) is 13.1. The smallest absolute Gasteiger partial charge is 0.237 e. The highest BCUT2D eigenvalue weighted by Crippen LogP contribution is 2.11. The van der Waals surface area contributed by atoms with Crippen LogP contribution in [0.5, 0.6) is 0 Å². The van der Waals surface area contributed by atoms with Crippen LogP contribution < -0.4 is 11.1 Å². The van der Waals surface area contributed by atoms with Crippen molar-refractivity contribution in [1.82, 2.24) is 10.3 Å². The zero-order valence-corrected chi connectivity index (χ0v) is 10.8. The van der Waals surface area contributed by atoms with E-state index in [4.69, 9.17) is 5.73 Å². The zero-order valence-electron chi connectivity index (χ0n) is 9.99. The van der Waals surface area contributed by atoms with Crippen LogP contribution in [0.4, 0.5) is 0 Å². The summed E-state index contributed by atoms with van der Waals surface area (Å²) in [5.74, 6) is 0.111. The Labute approximate surface area is 100 Å². The molecular weight excluding hydrogens is 222 g/mol. The van der Waals surface area contributed by atoms with Gasteiger partial charge in [0, 0.05) is 11.1 Å². The fraction of sp³-hybridized carbons (Fsp3) is 0.636. The van der Waals surface area contributed by atoms with E-state index >= 15 is 0 Å². The molecule has 0 spiro atoms. The lowest BCUT2D eigenvalue weighted by Crippen LogP contribution is -2.44. The fourth-order valence-corrected chi connectivity index (χ4v) is 2.00. The summed E-state index contributed by atoms with van der Waals surface area (Å²) < 4.78 is 0. The van der Waals surface area contributed by atoms with Crippen molar-refractivity contribution in [2.75, 3.05) is 0 Å². The van der Waals surface area contributed by atoms with E-state index in [0.29, 0.717) is 6.54 Å². The number of carbonyl (C=O) groups is 1. The van der Waals surface area contributed by atoms with E-state index in [1.165, 1.54) is 0 Å². The van der Waals surface area contributed by atoms with Crippen LogP contribution in [0.25, 0.3) is 0 Å². The highest BCUT2D eigenvalue weighted by Gasteiger charge is 2.19. The molecule has 0 radical (unpaired) electrons. The van der Waals surface area contributed by atoms with Crippen LogP contribution in [0.15, 0.2) is 6.20 Å². The van der Waals surface area contributed by atoms with Crippen LogP contribution in [0, 0.1) is 12.8 Å². The third-order valence-electron chi connectivity index (χ3n) is 2.64. The maximum absolute atomic E-state index is 11.7. The minimum absolute atomic E-state index is 0.0952. The zero-order chi connectivity index (χ0) is 12.1. The largest absolute Gasteiger partial charge is 0.348 e. The molecule has 0 aliphatic rings. The van der Waals surface area contributed by atoms with E-state index in [0.717, 1.165) is 16.3 Å². The maximum Gasteiger partial charge on any atom is 0.237 e. The van der Waals surface area contributed by atoms with Gasteiger partial charge in [-0.05, 0) is 12.8 Å². The number of nitrogens with two attached hydrogens (primary N) is 1. The van der Waals surface area contributed by atoms with Crippen molar-refractivity contribution < 1.29 is 4.79 Å². The molecule has 2 atom stereocenters. The minimum Gasteiger partial charge on any atom is -0.348 e. The van der Waals surface area contributed by atoms with Crippen LogP contribution in [-0.2, 0) is 11.3 Å². The van der Waals surface area contributed by atoms with Crippen LogP contribution in [0.3, 0.4) is 0 Å². The second kappa shape index (κ2) is 5.96. The lowest BCUT2D eigenvalue weighted by molar-refractivity contribution is -0.123. The normalized spacial score (nSPS) is 14.5. The van der Waals surface area contributed by atoms with Gasteiger partial charge in [0.1, 0.15) is 5.01 Å².